The standard InChI is InChI=1S/C18H18ClN5OS/c1-11(2)9-12-3-4-15(14(19)10-12)21-17(25)22-18-24-23-16(26-18)13-5-7-20-8-6-13/h3-8,10-11H,9H2,1-2H3,(H2,21,22,24,25). The van der Waals surface area contributed by atoms with Crippen molar-refractivity contribution in [3.05, 3.63) is 53.3 Å². The number of carbonyl (C=O) groups excluding carboxylic acids is 1. The molecule has 3 rings (SSSR count). The molecule has 0 atom stereocenters. The van der Waals surface area contributed by atoms with Gasteiger partial charge in [-0.3, -0.25) is 10.3 Å². The van der Waals surface area contributed by atoms with Crippen molar-refractivity contribution in [2.75, 3.05) is 10.6 Å². The summed E-state index contributed by atoms with van der Waals surface area (Å²) in [4.78, 5) is 16.2. The van der Waals surface area contributed by atoms with Gasteiger partial charge in [-0.2, -0.15) is 0 Å². The van der Waals surface area contributed by atoms with Crippen LogP contribution in [0.25, 0.3) is 10.6 Å². The fraction of sp³-hybridized carbons (Fsp3) is 0.222. The molecular formula is C18H18ClN5OS. The van der Waals surface area contributed by atoms with E-state index in [1.54, 1.807) is 12.4 Å². The number of nitrogens with zero attached hydrogens (tertiary/aromatic N) is 3. The van der Waals surface area contributed by atoms with Crippen molar-refractivity contribution >= 4 is 39.8 Å². The fourth-order valence-electron chi connectivity index (χ4n) is 2.39. The summed E-state index contributed by atoms with van der Waals surface area (Å²) in [5.41, 5.74) is 2.59. The van der Waals surface area contributed by atoms with Gasteiger partial charge in [-0.05, 0) is 42.2 Å². The number of carbonyl (C=O) groups is 1. The Morgan fingerprint density at radius 3 is 2.62 bits per heavy atom. The topological polar surface area (TPSA) is 79.8 Å². The molecule has 0 aliphatic carbocycles. The highest BCUT2D eigenvalue weighted by Gasteiger charge is 2.11. The Kier molecular flexibility index (Phi) is 5.80. The van der Waals surface area contributed by atoms with Crippen molar-refractivity contribution in [1.29, 1.82) is 0 Å². The largest absolute Gasteiger partial charge is 0.325 e. The molecule has 2 N–H and O–H groups in total. The van der Waals surface area contributed by atoms with Crippen molar-refractivity contribution in [2.24, 2.45) is 5.92 Å². The Morgan fingerprint density at radius 2 is 1.92 bits per heavy atom. The van der Waals surface area contributed by atoms with E-state index in [1.165, 1.54) is 11.3 Å². The van der Waals surface area contributed by atoms with E-state index in [4.69, 9.17) is 11.6 Å². The number of hydrogen-bond acceptors (Lipinski definition) is 5. The maximum atomic E-state index is 12.2. The van der Waals surface area contributed by atoms with E-state index in [2.05, 4.69) is 39.7 Å². The summed E-state index contributed by atoms with van der Waals surface area (Å²) in [6.07, 6.45) is 4.30. The third-order valence-corrected chi connectivity index (χ3v) is 4.70. The molecule has 2 amide bonds. The minimum Gasteiger partial charge on any atom is -0.306 e. The van der Waals surface area contributed by atoms with Gasteiger partial charge in [-0.25, -0.2) is 4.79 Å². The summed E-state index contributed by atoms with van der Waals surface area (Å²) in [6, 6.07) is 8.91. The van der Waals surface area contributed by atoms with E-state index in [1.807, 2.05) is 30.3 Å². The Labute approximate surface area is 160 Å². The molecule has 0 saturated heterocycles. The first-order valence-electron chi connectivity index (χ1n) is 8.11. The van der Waals surface area contributed by atoms with Crippen LogP contribution in [0, 0.1) is 5.92 Å². The van der Waals surface area contributed by atoms with Crippen molar-refractivity contribution in [2.45, 2.75) is 20.3 Å². The fourth-order valence-corrected chi connectivity index (χ4v) is 3.39. The first kappa shape index (κ1) is 18.3. The number of anilines is 2. The lowest BCUT2D eigenvalue weighted by Crippen LogP contribution is -2.19. The average molecular weight is 388 g/mol. The van der Waals surface area contributed by atoms with E-state index in [0.717, 1.165) is 17.5 Å². The molecule has 0 saturated carbocycles. The van der Waals surface area contributed by atoms with Gasteiger partial charge in [0.15, 0.2) is 0 Å². The molecule has 134 valence electrons. The smallest absolute Gasteiger partial charge is 0.306 e. The van der Waals surface area contributed by atoms with Crippen LogP contribution >= 0.6 is 22.9 Å². The SMILES string of the molecule is CC(C)Cc1ccc(NC(=O)Nc2nnc(-c3ccncc3)s2)c(Cl)c1. The number of amides is 2. The molecule has 3 aromatic rings. The summed E-state index contributed by atoms with van der Waals surface area (Å²) in [7, 11) is 0. The van der Waals surface area contributed by atoms with E-state index in [0.29, 0.717) is 26.8 Å². The van der Waals surface area contributed by atoms with Gasteiger partial charge < -0.3 is 5.32 Å². The molecule has 2 heterocycles. The quantitative estimate of drug-likeness (QED) is 0.638. The van der Waals surface area contributed by atoms with Gasteiger partial charge in [0, 0.05) is 18.0 Å². The number of rotatable bonds is 5. The zero-order valence-corrected chi connectivity index (χ0v) is 15.9. The van der Waals surface area contributed by atoms with Gasteiger partial charge in [-0.15, -0.1) is 10.2 Å². The van der Waals surface area contributed by atoms with Gasteiger partial charge in [0.1, 0.15) is 5.01 Å². The minimum atomic E-state index is -0.416. The van der Waals surface area contributed by atoms with Gasteiger partial charge in [0.2, 0.25) is 5.13 Å². The maximum absolute atomic E-state index is 12.2. The van der Waals surface area contributed by atoms with Crippen LogP contribution in [0.15, 0.2) is 42.7 Å². The first-order valence-corrected chi connectivity index (χ1v) is 9.31. The maximum Gasteiger partial charge on any atom is 0.325 e. The molecule has 0 aliphatic heterocycles. The van der Waals surface area contributed by atoms with Crippen LogP contribution in [0.1, 0.15) is 19.4 Å². The Balaban J connectivity index is 1.63. The Hall–Kier alpha value is -2.51. The highest BCUT2D eigenvalue weighted by molar-refractivity contribution is 7.18. The second kappa shape index (κ2) is 8.25. The molecule has 0 fully saturated rings. The number of aromatic nitrogens is 3. The molecule has 0 unspecified atom stereocenters. The van der Waals surface area contributed by atoms with Crippen molar-refractivity contribution in [1.82, 2.24) is 15.2 Å². The molecular weight excluding hydrogens is 370 g/mol. The van der Waals surface area contributed by atoms with Gasteiger partial charge in [0.05, 0.1) is 10.7 Å². The predicted octanol–water partition coefficient (Wildman–Crippen LogP) is 5.10. The van der Waals surface area contributed by atoms with Crippen molar-refractivity contribution < 1.29 is 4.79 Å². The molecule has 6 nitrogen and oxygen atoms in total. The zero-order valence-electron chi connectivity index (χ0n) is 14.4. The molecule has 0 radical (unpaired) electrons. The average Bonchev–Trinajstić information content (AvgIpc) is 3.06. The molecule has 0 bridgehead atoms. The van der Waals surface area contributed by atoms with E-state index >= 15 is 0 Å². The first-order chi connectivity index (χ1) is 12.5. The Morgan fingerprint density at radius 1 is 1.15 bits per heavy atom. The molecule has 1 aromatic carbocycles. The predicted molar refractivity (Wildman–Crippen MR) is 106 cm³/mol. The highest BCUT2D eigenvalue weighted by Crippen LogP contribution is 2.27. The lowest BCUT2D eigenvalue weighted by molar-refractivity contribution is 0.262. The van der Waals surface area contributed by atoms with Crippen LogP contribution in [0.3, 0.4) is 0 Å². The number of urea groups is 1. The van der Waals surface area contributed by atoms with E-state index in [-0.39, 0.29) is 0 Å². The van der Waals surface area contributed by atoms with Crippen molar-refractivity contribution in [3.63, 3.8) is 0 Å². The molecule has 0 aliphatic rings. The monoisotopic (exact) mass is 387 g/mol. The third-order valence-electron chi connectivity index (χ3n) is 3.50. The van der Waals surface area contributed by atoms with Gasteiger partial charge >= 0.3 is 6.03 Å². The van der Waals surface area contributed by atoms with E-state index in [9.17, 15) is 4.79 Å². The van der Waals surface area contributed by atoms with Crippen LogP contribution in [0.5, 0.6) is 0 Å². The second-order valence-electron chi connectivity index (χ2n) is 6.14. The molecule has 26 heavy (non-hydrogen) atoms. The normalized spacial score (nSPS) is 10.8. The lowest BCUT2D eigenvalue weighted by Gasteiger charge is -2.10. The third kappa shape index (κ3) is 4.77. The number of halogens is 1. The molecule has 8 heteroatoms. The Bertz CT molecular complexity index is 898. The summed E-state index contributed by atoms with van der Waals surface area (Å²) in [5.74, 6) is 0.542. The number of hydrogen-bond donors (Lipinski definition) is 2. The number of nitrogens with one attached hydrogen (secondary N) is 2. The van der Waals surface area contributed by atoms with E-state index < -0.39 is 6.03 Å². The number of benzene rings is 1. The summed E-state index contributed by atoms with van der Waals surface area (Å²) < 4.78 is 0. The lowest BCUT2D eigenvalue weighted by atomic mass is 10.0. The summed E-state index contributed by atoms with van der Waals surface area (Å²) in [6.45, 7) is 4.30. The minimum absolute atomic E-state index is 0.405. The van der Waals surface area contributed by atoms with Crippen LogP contribution in [0.4, 0.5) is 15.6 Å². The van der Waals surface area contributed by atoms with Crippen LogP contribution < -0.4 is 10.6 Å². The second-order valence-corrected chi connectivity index (χ2v) is 7.52. The highest BCUT2D eigenvalue weighted by atomic mass is 35.5. The summed E-state index contributed by atoms with van der Waals surface area (Å²) >= 11 is 7.55. The number of pyridine rings is 1. The molecule has 0 spiro atoms. The van der Waals surface area contributed by atoms with Gasteiger partial charge in [0.25, 0.3) is 0 Å². The molecule has 2 aromatic heterocycles. The zero-order chi connectivity index (χ0) is 18.5. The van der Waals surface area contributed by atoms with Crippen LogP contribution in [-0.2, 0) is 6.42 Å². The van der Waals surface area contributed by atoms with Crippen molar-refractivity contribution in [3.8, 4) is 10.6 Å². The van der Waals surface area contributed by atoms with Crippen LogP contribution in [-0.4, -0.2) is 21.2 Å². The van der Waals surface area contributed by atoms with Crippen LogP contribution in [0.2, 0.25) is 5.02 Å². The summed E-state index contributed by atoms with van der Waals surface area (Å²) in [5, 5.41) is 15.1. The van der Waals surface area contributed by atoms with Gasteiger partial charge in [-0.1, -0.05) is 42.9 Å².